The fourth-order valence-electron chi connectivity index (χ4n) is 0.894. The molecule has 0 aliphatic heterocycles. The first-order valence-electron chi connectivity index (χ1n) is 3.78. The predicted octanol–water partition coefficient (Wildman–Crippen LogP) is -0.568. The standard InChI is InChI=1S/C7H8BrFN2O3/c8-1-4(12)2-11-3-5(9)6(13)10-7(11)14/h3-4,12H,1-2H2,(H,10,13,14)/t4-/m0/s1. The molecule has 1 atom stereocenters. The van der Waals surface area contributed by atoms with Gasteiger partial charge in [0.05, 0.1) is 18.8 Å². The summed E-state index contributed by atoms with van der Waals surface area (Å²) in [4.78, 5) is 23.5. The lowest BCUT2D eigenvalue weighted by molar-refractivity contribution is 0.176. The van der Waals surface area contributed by atoms with Gasteiger partial charge in [0.25, 0.3) is 5.56 Å². The van der Waals surface area contributed by atoms with Gasteiger partial charge in [-0.1, -0.05) is 15.9 Å². The number of hydrogen-bond acceptors (Lipinski definition) is 3. The van der Waals surface area contributed by atoms with Gasteiger partial charge in [-0.15, -0.1) is 0 Å². The molecule has 7 heteroatoms. The summed E-state index contributed by atoms with van der Waals surface area (Å²) in [6, 6.07) is 0. The van der Waals surface area contributed by atoms with Gasteiger partial charge in [0.15, 0.2) is 0 Å². The zero-order valence-electron chi connectivity index (χ0n) is 7.04. The molecule has 1 rings (SSSR count). The SMILES string of the molecule is O=c1[nH]c(=O)n(C[C@@H](O)CBr)cc1F. The van der Waals surface area contributed by atoms with E-state index in [9.17, 15) is 19.1 Å². The first kappa shape index (κ1) is 11.1. The van der Waals surface area contributed by atoms with E-state index in [0.717, 1.165) is 10.8 Å². The van der Waals surface area contributed by atoms with E-state index >= 15 is 0 Å². The van der Waals surface area contributed by atoms with Crippen LogP contribution in [-0.2, 0) is 6.54 Å². The molecule has 0 amide bonds. The van der Waals surface area contributed by atoms with Crippen molar-refractivity contribution in [2.24, 2.45) is 0 Å². The summed E-state index contributed by atoms with van der Waals surface area (Å²) in [6.45, 7) is -0.0716. The molecule has 0 fully saturated rings. The van der Waals surface area contributed by atoms with Crippen molar-refractivity contribution in [2.45, 2.75) is 12.6 Å². The number of aliphatic hydroxyl groups excluding tert-OH is 1. The number of rotatable bonds is 3. The van der Waals surface area contributed by atoms with Crippen LogP contribution in [0.2, 0.25) is 0 Å². The molecule has 0 aromatic carbocycles. The van der Waals surface area contributed by atoms with Crippen LogP contribution in [0.5, 0.6) is 0 Å². The van der Waals surface area contributed by atoms with Crippen LogP contribution in [0.3, 0.4) is 0 Å². The van der Waals surface area contributed by atoms with Gasteiger partial charge < -0.3 is 5.11 Å². The predicted molar refractivity (Wildman–Crippen MR) is 51.1 cm³/mol. The van der Waals surface area contributed by atoms with E-state index in [1.54, 1.807) is 4.98 Å². The van der Waals surface area contributed by atoms with E-state index in [4.69, 9.17) is 0 Å². The molecule has 0 bridgehead atoms. The van der Waals surface area contributed by atoms with Crippen molar-refractivity contribution in [3.63, 3.8) is 0 Å². The third kappa shape index (κ3) is 2.52. The van der Waals surface area contributed by atoms with Crippen LogP contribution in [0.25, 0.3) is 0 Å². The number of aromatic amines is 1. The number of halogens is 2. The quantitative estimate of drug-likeness (QED) is 0.720. The minimum atomic E-state index is -1.06. The Morgan fingerprint density at radius 1 is 1.64 bits per heavy atom. The minimum absolute atomic E-state index is 0.0716. The van der Waals surface area contributed by atoms with Gasteiger partial charge in [-0.2, -0.15) is 4.39 Å². The Morgan fingerprint density at radius 3 is 2.86 bits per heavy atom. The number of H-pyrrole nitrogens is 1. The molecule has 5 nitrogen and oxygen atoms in total. The van der Waals surface area contributed by atoms with Crippen molar-refractivity contribution < 1.29 is 9.50 Å². The van der Waals surface area contributed by atoms with Gasteiger partial charge >= 0.3 is 5.69 Å². The maximum atomic E-state index is 12.7. The summed E-state index contributed by atoms with van der Waals surface area (Å²) in [7, 11) is 0. The summed E-state index contributed by atoms with van der Waals surface area (Å²) in [5.74, 6) is -1.05. The van der Waals surface area contributed by atoms with Gasteiger partial charge in [0, 0.05) is 5.33 Å². The van der Waals surface area contributed by atoms with Crippen LogP contribution < -0.4 is 11.2 Å². The lowest BCUT2D eigenvalue weighted by Gasteiger charge is -2.08. The number of aliphatic hydroxyl groups is 1. The smallest absolute Gasteiger partial charge is 0.328 e. The average Bonchev–Trinajstić information content (AvgIpc) is 2.14. The summed E-state index contributed by atoms with van der Waals surface area (Å²) in [6.07, 6.45) is -0.0365. The lowest BCUT2D eigenvalue weighted by atomic mass is 10.4. The van der Waals surface area contributed by atoms with Crippen LogP contribution in [0.4, 0.5) is 4.39 Å². The highest BCUT2D eigenvalue weighted by Crippen LogP contribution is 1.93. The molecule has 0 aliphatic rings. The van der Waals surface area contributed by atoms with Gasteiger partial charge in [-0.25, -0.2) is 4.79 Å². The molecule has 0 aliphatic carbocycles. The second-order valence-corrected chi connectivity index (χ2v) is 3.34. The molecule has 0 saturated carbocycles. The summed E-state index contributed by atoms with van der Waals surface area (Å²) >= 11 is 3.00. The Hall–Kier alpha value is -0.950. The molecule has 1 aromatic rings. The number of alkyl halides is 1. The number of hydrogen-bond donors (Lipinski definition) is 2. The van der Waals surface area contributed by atoms with E-state index in [1.165, 1.54) is 0 Å². The minimum Gasteiger partial charge on any atom is -0.390 e. The highest BCUT2D eigenvalue weighted by atomic mass is 79.9. The molecule has 1 heterocycles. The molecule has 2 N–H and O–H groups in total. The Kier molecular flexibility index (Phi) is 3.59. The van der Waals surface area contributed by atoms with E-state index < -0.39 is 23.2 Å². The van der Waals surface area contributed by atoms with Crippen molar-refractivity contribution in [3.8, 4) is 0 Å². The third-order valence-corrected chi connectivity index (χ3v) is 2.30. The Morgan fingerprint density at radius 2 is 2.29 bits per heavy atom. The Balaban J connectivity index is 3.04. The highest BCUT2D eigenvalue weighted by molar-refractivity contribution is 9.09. The van der Waals surface area contributed by atoms with E-state index in [0.29, 0.717) is 0 Å². The first-order valence-corrected chi connectivity index (χ1v) is 4.90. The van der Waals surface area contributed by atoms with Gasteiger partial charge in [-0.05, 0) is 0 Å². The fourth-order valence-corrected chi connectivity index (χ4v) is 1.10. The zero-order valence-corrected chi connectivity index (χ0v) is 8.62. The van der Waals surface area contributed by atoms with Crippen LogP contribution in [0, 0.1) is 5.82 Å². The molecule has 78 valence electrons. The normalized spacial score (nSPS) is 12.8. The fraction of sp³-hybridized carbons (Fsp3) is 0.429. The van der Waals surface area contributed by atoms with Gasteiger partial charge in [-0.3, -0.25) is 14.3 Å². The molecule has 0 radical (unpaired) electrons. The number of aromatic nitrogens is 2. The molecule has 0 saturated heterocycles. The molecule has 1 aromatic heterocycles. The average molecular weight is 267 g/mol. The second kappa shape index (κ2) is 4.52. The van der Waals surface area contributed by atoms with Crippen molar-refractivity contribution >= 4 is 15.9 Å². The van der Waals surface area contributed by atoms with Crippen LogP contribution >= 0.6 is 15.9 Å². The molecular weight excluding hydrogens is 259 g/mol. The third-order valence-electron chi connectivity index (χ3n) is 1.55. The summed E-state index contributed by atoms with van der Waals surface area (Å²) in [5, 5.41) is 9.44. The topological polar surface area (TPSA) is 75.1 Å². The van der Waals surface area contributed by atoms with Gasteiger partial charge in [0.2, 0.25) is 5.82 Å². The first-order chi connectivity index (χ1) is 6.54. The number of nitrogens with zero attached hydrogens (tertiary/aromatic N) is 1. The molecule has 0 unspecified atom stereocenters. The van der Waals surface area contributed by atoms with Gasteiger partial charge in [0.1, 0.15) is 0 Å². The van der Waals surface area contributed by atoms with Crippen LogP contribution in [0.1, 0.15) is 0 Å². The molecule has 0 spiro atoms. The van der Waals surface area contributed by atoms with Crippen molar-refractivity contribution in [1.82, 2.24) is 9.55 Å². The van der Waals surface area contributed by atoms with Crippen molar-refractivity contribution in [1.29, 1.82) is 0 Å². The Bertz CT molecular complexity index is 428. The van der Waals surface area contributed by atoms with Crippen molar-refractivity contribution in [3.05, 3.63) is 32.9 Å². The van der Waals surface area contributed by atoms with E-state index in [2.05, 4.69) is 15.9 Å². The van der Waals surface area contributed by atoms with E-state index in [-0.39, 0.29) is 11.9 Å². The van der Waals surface area contributed by atoms with E-state index in [1.807, 2.05) is 0 Å². The second-order valence-electron chi connectivity index (χ2n) is 2.70. The zero-order chi connectivity index (χ0) is 10.7. The summed E-state index contributed by atoms with van der Waals surface area (Å²) in [5.41, 5.74) is -1.80. The van der Waals surface area contributed by atoms with Crippen LogP contribution in [0.15, 0.2) is 15.8 Å². The number of nitrogens with one attached hydrogen (secondary N) is 1. The Labute approximate surface area is 86.3 Å². The van der Waals surface area contributed by atoms with Crippen molar-refractivity contribution in [2.75, 3.05) is 5.33 Å². The monoisotopic (exact) mass is 266 g/mol. The maximum absolute atomic E-state index is 12.7. The summed E-state index contributed by atoms with van der Waals surface area (Å²) < 4.78 is 13.6. The lowest BCUT2D eigenvalue weighted by Crippen LogP contribution is -2.34. The molecule has 14 heavy (non-hydrogen) atoms. The largest absolute Gasteiger partial charge is 0.390 e. The highest BCUT2D eigenvalue weighted by Gasteiger charge is 2.07. The maximum Gasteiger partial charge on any atom is 0.328 e. The molecular formula is C7H8BrFN2O3. The van der Waals surface area contributed by atoms with Crippen LogP contribution in [-0.4, -0.2) is 26.1 Å².